The van der Waals surface area contributed by atoms with Gasteiger partial charge in [0.25, 0.3) is 0 Å². The number of halogens is 2. The molecule has 20 heavy (non-hydrogen) atoms. The number of hydrogen-bond acceptors (Lipinski definition) is 2. The van der Waals surface area contributed by atoms with E-state index in [9.17, 15) is 8.78 Å². The minimum absolute atomic E-state index is 0.00183. The summed E-state index contributed by atoms with van der Waals surface area (Å²) in [4.78, 5) is 0.00183. The van der Waals surface area contributed by atoms with E-state index in [1.165, 1.54) is 18.2 Å². The van der Waals surface area contributed by atoms with E-state index in [-0.39, 0.29) is 23.0 Å². The molecular formula is C15H13F2NOS. The lowest BCUT2D eigenvalue weighted by molar-refractivity contribution is 0.299. The Morgan fingerprint density at radius 1 is 1.25 bits per heavy atom. The molecule has 0 radical (unpaired) electrons. The lowest BCUT2D eigenvalue weighted by atomic mass is 10.1. The molecule has 5 heteroatoms. The highest BCUT2D eigenvalue weighted by Crippen LogP contribution is 2.19. The zero-order valence-electron chi connectivity index (χ0n) is 10.8. The molecule has 2 rings (SSSR count). The minimum Gasteiger partial charge on any atom is -0.489 e. The average molecular weight is 293 g/mol. The van der Waals surface area contributed by atoms with E-state index in [4.69, 9.17) is 22.7 Å². The van der Waals surface area contributed by atoms with Gasteiger partial charge in [-0.3, -0.25) is 0 Å². The van der Waals surface area contributed by atoms with Crippen LogP contribution in [0.25, 0.3) is 0 Å². The van der Waals surface area contributed by atoms with Crippen molar-refractivity contribution in [1.29, 1.82) is 0 Å². The third-order valence-electron chi connectivity index (χ3n) is 2.87. The van der Waals surface area contributed by atoms with E-state index in [0.717, 1.165) is 0 Å². The number of rotatable bonds is 4. The fourth-order valence-corrected chi connectivity index (χ4v) is 1.91. The molecule has 0 saturated carbocycles. The molecule has 0 unspecified atom stereocenters. The first-order valence-electron chi connectivity index (χ1n) is 5.95. The van der Waals surface area contributed by atoms with Crippen molar-refractivity contribution in [2.24, 2.45) is 5.73 Å². The van der Waals surface area contributed by atoms with Crippen LogP contribution in [0.2, 0.25) is 0 Å². The molecule has 0 fully saturated rings. The molecule has 0 aliphatic rings. The summed E-state index contributed by atoms with van der Waals surface area (Å²) in [6.45, 7) is 1.66. The zero-order chi connectivity index (χ0) is 14.7. The molecule has 104 valence electrons. The molecule has 0 aliphatic heterocycles. The molecule has 2 nitrogen and oxygen atoms in total. The van der Waals surface area contributed by atoms with Crippen molar-refractivity contribution >= 4 is 17.2 Å². The number of hydrogen-bond donors (Lipinski definition) is 1. The standard InChI is InChI=1S/C15H13F2NOS/c1-9-7-11(5-6-13(9)16)19-8-10-3-2-4-12(14(10)17)15(18)20/h2-7H,8H2,1H3,(H2,18,20). The second kappa shape index (κ2) is 5.96. The van der Waals surface area contributed by atoms with Crippen molar-refractivity contribution in [1.82, 2.24) is 0 Å². The van der Waals surface area contributed by atoms with Crippen LogP contribution in [0.5, 0.6) is 5.75 Å². The Hall–Kier alpha value is -2.01. The van der Waals surface area contributed by atoms with E-state index in [2.05, 4.69) is 0 Å². The van der Waals surface area contributed by atoms with Crippen LogP contribution in [0.4, 0.5) is 8.78 Å². The number of ether oxygens (including phenoxy) is 1. The van der Waals surface area contributed by atoms with Gasteiger partial charge in [-0.2, -0.15) is 0 Å². The van der Waals surface area contributed by atoms with Gasteiger partial charge >= 0.3 is 0 Å². The lowest BCUT2D eigenvalue weighted by Gasteiger charge is -2.10. The van der Waals surface area contributed by atoms with Crippen LogP contribution in [0.3, 0.4) is 0 Å². The van der Waals surface area contributed by atoms with Gasteiger partial charge in [0.1, 0.15) is 29.0 Å². The maximum atomic E-state index is 14.1. The second-order valence-electron chi connectivity index (χ2n) is 4.34. The van der Waals surface area contributed by atoms with Crippen molar-refractivity contribution in [2.45, 2.75) is 13.5 Å². The third kappa shape index (κ3) is 3.11. The van der Waals surface area contributed by atoms with Crippen molar-refractivity contribution < 1.29 is 13.5 Å². The summed E-state index contributed by atoms with van der Waals surface area (Å²) in [5.74, 6) is -0.318. The summed E-state index contributed by atoms with van der Waals surface area (Å²) in [5, 5.41) is 0. The van der Waals surface area contributed by atoms with Crippen LogP contribution in [0.15, 0.2) is 36.4 Å². The minimum atomic E-state index is -0.487. The number of nitrogens with two attached hydrogens (primary N) is 1. The first-order valence-corrected chi connectivity index (χ1v) is 6.36. The Labute approximate surface area is 121 Å². The second-order valence-corrected chi connectivity index (χ2v) is 4.78. The van der Waals surface area contributed by atoms with Gasteiger partial charge in [-0.05, 0) is 36.8 Å². The maximum Gasteiger partial charge on any atom is 0.139 e. The van der Waals surface area contributed by atoms with Crippen LogP contribution in [-0.4, -0.2) is 4.99 Å². The molecular weight excluding hydrogens is 280 g/mol. The van der Waals surface area contributed by atoms with E-state index < -0.39 is 5.82 Å². The molecule has 0 bridgehead atoms. The normalized spacial score (nSPS) is 10.3. The predicted molar refractivity (Wildman–Crippen MR) is 77.8 cm³/mol. The Morgan fingerprint density at radius 2 is 2.00 bits per heavy atom. The molecule has 0 atom stereocenters. The highest BCUT2D eigenvalue weighted by Gasteiger charge is 2.10. The van der Waals surface area contributed by atoms with E-state index >= 15 is 0 Å². The predicted octanol–water partition coefficient (Wildman–Crippen LogP) is 3.49. The molecule has 2 aromatic carbocycles. The monoisotopic (exact) mass is 293 g/mol. The van der Waals surface area contributed by atoms with Crippen LogP contribution >= 0.6 is 12.2 Å². The highest BCUT2D eigenvalue weighted by molar-refractivity contribution is 7.80. The molecule has 0 saturated heterocycles. The molecule has 0 aromatic heterocycles. The van der Waals surface area contributed by atoms with Gasteiger partial charge in [0.15, 0.2) is 0 Å². The van der Waals surface area contributed by atoms with Crippen LogP contribution in [0, 0.1) is 18.6 Å². The van der Waals surface area contributed by atoms with Crippen LogP contribution < -0.4 is 10.5 Å². The lowest BCUT2D eigenvalue weighted by Crippen LogP contribution is -2.13. The van der Waals surface area contributed by atoms with Crippen LogP contribution in [-0.2, 0) is 6.61 Å². The number of benzene rings is 2. The summed E-state index contributed by atoms with van der Waals surface area (Å²) < 4.78 is 32.6. The topological polar surface area (TPSA) is 35.2 Å². The largest absolute Gasteiger partial charge is 0.489 e. The molecule has 2 aromatic rings. The maximum absolute atomic E-state index is 14.1. The Kier molecular flexibility index (Phi) is 4.29. The quantitative estimate of drug-likeness (QED) is 0.877. The van der Waals surface area contributed by atoms with E-state index in [1.54, 1.807) is 25.1 Å². The van der Waals surface area contributed by atoms with Gasteiger partial charge in [0, 0.05) is 11.1 Å². The van der Waals surface area contributed by atoms with Crippen LogP contribution in [0.1, 0.15) is 16.7 Å². The number of thiocarbonyl (C=S) groups is 1. The van der Waals surface area contributed by atoms with Gasteiger partial charge in [-0.25, -0.2) is 8.78 Å². The summed E-state index contributed by atoms with van der Waals surface area (Å²) in [6.07, 6.45) is 0. The summed E-state index contributed by atoms with van der Waals surface area (Å²) in [5.41, 5.74) is 6.44. The molecule has 0 heterocycles. The van der Waals surface area contributed by atoms with Crippen molar-refractivity contribution in [3.8, 4) is 5.75 Å². The average Bonchev–Trinajstić information content (AvgIpc) is 2.41. The van der Waals surface area contributed by atoms with E-state index in [1.807, 2.05) is 0 Å². The fraction of sp³-hybridized carbons (Fsp3) is 0.133. The summed E-state index contributed by atoms with van der Waals surface area (Å²) >= 11 is 4.77. The van der Waals surface area contributed by atoms with Gasteiger partial charge in [-0.15, -0.1) is 0 Å². The SMILES string of the molecule is Cc1cc(OCc2cccc(C(N)=S)c2F)ccc1F. The zero-order valence-corrected chi connectivity index (χ0v) is 11.6. The smallest absolute Gasteiger partial charge is 0.139 e. The summed E-state index contributed by atoms with van der Waals surface area (Å²) in [7, 11) is 0. The van der Waals surface area contributed by atoms with Gasteiger partial charge < -0.3 is 10.5 Å². The summed E-state index contributed by atoms with van der Waals surface area (Å²) in [6, 6.07) is 9.14. The molecule has 0 spiro atoms. The Morgan fingerprint density at radius 3 is 2.65 bits per heavy atom. The Balaban J connectivity index is 2.17. The third-order valence-corrected chi connectivity index (χ3v) is 3.09. The molecule has 2 N–H and O–H groups in total. The Bertz CT molecular complexity index is 658. The van der Waals surface area contributed by atoms with Gasteiger partial charge in [0.2, 0.25) is 0 Å². The van der Waals surface area contributed by atoms with Crippen molar-refractivity contribution in [3.63, 3.8) is 0 Å². The van der Waals surface area contributed by atoms with Gasteiger partial charge in [-0.1, -0.05) is 24.4 Å². The van der Waals surface area contributed by atoms with E-state index in [0.29, 0.717) is 16.9 Å². The van der Waals surface area contributed by atoms with Crippen molar-refractivity contribution in [2.75, 3.05) is 0 Å². The first-order chi connectivity index (χ1) is 9.49. The number of aryl methyl sites for hydroxylation is 1. The molecule has 0 aliphatic carbocycles. The first kappa shape index (κ1) is 14.4. The van der Waals surface area contributed by atoms with Crippen molar-refractivity contribution in [3.05, 3.63) is 64.7 Å². The van der Waals surface area contributed by atoms with Gasteiger partial charge in [0.05, 0.1) is 0 Å². The molecule has 0 amide bonds. The highest BCUT2D eigenvalue weighted by atomic mass is 32.1. The fourth-order valence-electron chi connectivity index (χ4n) is 1.75.